The molecule has 1 N–H and O–H groups in total. The lowest BCUT2D eigenvalue weighted by Crippen LogP contribution is -2.58. The van der Waals surface area contributed by atoms with Crippen molar-refractivity contribution < 1.29 is 13.7 Å². The standard InChI is InChI=1S/C5H10FNO2P2/c6-3-1-5(2-3,7-10)4(8)9-11/h3,7H,1-2,10-11H2. The fourth-order valence-corrected chi connectivity index (χ4v) is 1.73. The Bertz CT molecular complexity index is 172. The van der Waals surface area contributed by atoms with E-state index in [4.69, 9.17) is 0 Å². The molecule has 64 valence electrons. The number of nitrogens with one attached hydrogen (secondary N) is 1. The highest BCUT2D eigenvalue weighted by Crippen LogP contribution is 2.36. The molecule has 0 heterocycles. The van der Waals surface area contributed by atoms with E-state index in [2.05, 4.69) is 19.0 Å². The van der Waals surface area contributed by atoms with Gasteiger partial charge < -0.3 is 4.52 Å². The van der Waals surface area contributed by atoms with Gasteiger partial charge in [0.15, 0.2) is 0 Å². The van der Waals surface area contributed by atoms with Crippen molar-refractivity contribution in [3.63, 3.8) is 0 Å². The van der Waals surface area contributed by atoms with E-state index in [1.54, 1.807) is 0 Å². The molecule has 0 saturated heterocycles. The van der Waals surface area contributed by atoms with Crippen molar-refractivity contribution in [1.82, 2.24) is 5.09 Å². The molecule has 11 heavy (non-hydrogen) atoms. The number of hydrogen-bond acceptors (Lipinski definition) is 3. The van der Waals surface area contributed by atoms with Gasteiger partial charge in [0.25, 0.3) is 0 Å². The first-order valence-electron chi connectivity index (χ1n) is 3.17. The summed E-state index contributed by atoms with van der Waals surface area (Å²) in [6.45, 7) is 0. The maximum absolute atomic E-state index is 12.4. The van der Waals surface area contributed by atoms with Crippen LogP contribution in [0.25, 0.3) is 0 Å². The highest BCUT2D eigenvalue weighted by atomic mass is 31.0. The molecular weight excluding hydrogens is 187 g/mol. The summed E-state index contributed by atoms with van der Waals surface area (Å²) >= 11 is 0. The van der Waals surface area contributed by atoms with E-state index in [0.29, 0.717) is 0 Å². The first-order chi connectivity index (χ1) is 5.14. The summed E-state index contributed by atoms with van der Waals surface area (Å²) in [5, 5.41) is 2.68. The monoisotopic (exact) mass is 197 g/mol. The van der Waals surface area contributed by atoms with E-state index in [1.807, 2.05) is 9.47 Å². The fraction of sp³-hybridized carbons (Fsp3) is 0.800. The Balaban J connectivity index is 2.57. The molecule has 3 nitrogen and oxygen atoms in total. The Hall–Kier alpha value is 0.220. The Morgan fingerprint density at radius 1 is 1.73 bits per heavy atom. The first-order valence-corrected chi connectivity index (χ1v) is 4.22. The summed E-state index contributed by atoms with van der Waals surface area (Å²) < 4.78 is 16.9. The maximum Gasteiger partial charge on any atom is 0.328 e. The molecule has 1 rings (SSSR count). The minimum atomic E-state index is -0.882. The number of carbonyl (C=O) groups is 1. The zero-order valence-electron chi connectivity index (χ0n) is 5.84. The van der Waals surface area contributed by atoms with Crippen LogP contribution in [0.1, 0.15) is 12.8 Å². The number of halogens is 1. The fourth-order valence-electron chi connectivity index (χ4n) is 1.15. The summed E-state index contributed by atoms with van der Waals surface area (Å²) in [6.07, 6.45) is -0.486. The molecule has 2 unspecified atom stereocenters. The molecule has 0 aliphatic heterocycles. The molecular formula is C5H10FNO2P2. The third kappa shape index (κ3) is 1.53. The van der Waals surface area contributed by atoms with Gasteiger partial charge in [-0.3, -0.25) is 5.09 Å². The second-order valence-corrected chi connectivity index (χ2v) is 3.16. The maximum atomic E-state index is 12.4. The summed E-state index contributed by atoms with van der Waals surface area (Å²) in [5.41, 5.74) is -0.800. The van der Waals surface area contributed by atoms with Crippen LogP contribution in [0.4, 0.5) is 4.39 Å². The van der Waals surface area contributed by atoms with Crippen LogP contribution in [0.3, 0.4) is 0 Å². The van der Waals surface area contributed by atoms with Gasteiger partial charge in [-0.2, -0.15) is 0 Å². The summed E-state index contributed by atoms with van der Waals surface area (Å²) in [5.74, 6) is -0.425. The van der Waals surface area contributed by atoms with Gasteiger partial charge in [0.05, 0.1) is 9.47 Å². The van der Waals surface area contributed by atoms with Crippen molar-refractivity contribution in [2.75, 3.05) is 0 Å². The lowest BCUT2D eigenvalue weighted by Gasteiger charge is -2.40. The van der Waals surface area contributed by atoms with Crippen LogP contribution in [-0.2, 0) is 9.32 Å². The van der Waals surface area contributed by atoms with Gasteiger partial charge in [-0.15, -0.1) is 0 Å². The third-order valence-corrected chi connectivity index (χ3v) is 2.68. The number of alkyl halides is 1. The lowest BCUT2D eigenvalue weighted by molar-refractivity contribution is -0.146. The second-order valence-electron chi connectivity index (χ2n) is 2.64. The average Bonchev–Trinajstić information content (AvgIpc) is 1.96. The van der Waals surface area contributed by atoms with E-state index in [0.717, 1.165) is 0 Å². The van der Waals surface area contributed by atoms with E-state index in [-0.39, 0.29) is 12.8 Å². The molecule has 1 fully saturated rings. The minimum absolute atomic E-state index is 0.198. The van der Waals surface area contributed by atoms with Crippen LogP contribution in [-0.4, -0.2) is 17.7 Å². The smallest absolute Gasteiger partial charge is 0.328 e. The zero-order chi connectivity index (χ0) is 8.48. The van der Waals surface area contributed by atoms with Crippen molar-refractivity contribution in [3.8, 4) is 0 Å². The van der Waals surface area contributed by atoms with Crippen molar-refractivity contribution in [2.24, 2.45) is 0 Å². The predicted octanol–water partition coefficient (Wildman–Crippen LogP) is 0.570. The molecule has 1 aliphatic carbocycles. The molecule has 1 saturated carbocycles. The molecule has 0 bridgehead atoms. The summed E-state index contributed by atoms with van der Waals surface area (Å²) in [7, 11) is 4.07. The SMILES string of the molecule is O=C(OP)C1(NP)CC(F)C1. The van der Waals surface area contributed by atoms with E-state index >= 15 is 0 Å². The topological polar surface area (TPSA) is 38.3 Å². The van der Waals surface area contributed by atoms with Crippen LogP contribution < -0.4 is 5.09 Å². The molecule has 6 heteroatoms. The summed E-state index contributed by atoms with van der Waals surface area (Å²) in [4.78, 5) is 11.0. The quantitative estimate of drug-likeness (QED) is 0.657. The first kappa shape index (κ1) is 9.31. The molecule has 1 aliphatic rings. The van der Waals surface area contributed by atoms with Crippen LogP contribution in [0.2, 0.25) is 0 Å². The van der Waals surface area contributed by atoms with E-state index < -0.39 is 17.7 Å². The Kier molecular flexibility index (Phi) is 2.79. The van der Waals surface area contributed by atoms with Crippen LogP contribution in [0.15, 0.2) is 0 Å². The van der Waals surface area contributed by atoms with Gasteiger partial charge >= 0.3 is 5.97 Å². The molecule has 0 aromatic rings. The third-order valence-electron chi connectivity index (χ3n) is 1.91. The molecule has 0 spiro atoms. The summed E-state index contributed by atoms with van der Waals surface area (Å²) in [6, 6.07) is 0. The van der Waals surface area contributed by atoms with Gasteiger partial charge in [-0.25, -0.2) is 9.18 Å². The van der Waals surface area contributed by atoms with Crippen molar-refractivity contribution >= 4 is 24.8 Å². The van der Waals surface area contributed by atoms with Crippen LogP contribution in [0, 0.1) is 0 Å². The highest BCUT2D eigenvalue weighted by Gasteiger charge is 2.50. The molecule has 2 atom stereocenters. The largest absolute Gasteiger partial charge is 0.450 e. The Labute approximate surface area is 69.0 Å². The van der Waals surface area contributed by atoms with Gasteiger partial charge in [0, 0.05) is 12.8 Å². The molecule has 0 aromatic heterocycles. The van der Waals surface area contributed by atoms with Crippen LogP contribution >= 0.6 is 18.9 Å². The minimum Gasteiger partial charge on any atom is -0.450 e. The number of carbonyl (C=O) groups excluding carboxylic acids is 1. The lowest BCUT2D eigenvalue weighted by atomic mass is 9.76. The normalized spacial score (nSPS) is 36.1. The van der Waals surface area contributed by atoms with E-state index in [9.17, 15) is 9.18 Å². The predicted molar refractivity (Wildman–Crippen MR) is 45.5 cm³/mol. The Morgan fingerprint density at radius 3 is 2.55 bits per heavy atom. The van der Waals surface area contributed by atoms with Crippen molar-refractivity contribution in [1.29, 1.82) is 0 Å². The van der Waals surface area contributed by atoms with Crippen molar-refractivity contribution in [3.05, 3.63) is 0 Å². The van der Waals surface area contributed by atoms with Gasteiger partial charge in [0.2, 0.25) is 0 Å². The average molecular weight is 197 g/mol. The Morgan fingerprint density at radius 2 is 2.27 bits per heavy atom. The zero-order valence-corrected chi connectivity index (χ0v) is 8.15. The highest BCUT2D eigenvalue weighted by molar-refractivity contribution is 7.14. The van der Waals surface area contributed by atoms with Crippen molar-refractivity contribution in [2.45, 2.75) is 24.6 Å². The van der Waals surface area contributed by atoms with Gasteiger partial charge in [-0.1, -0.05) is 9.39 Å². The number of rotatable bonds is 2. The molecule has 0 amide bonds. The van der Waals surface area contributed by atoms with Crippen LogP contribution in [0.5, 0.6) is 0 Å². The molecule has 0 aromatic carbocycles. The molecule has 0 radical (unpaired) electrons. The second kappa shape index (κ2) is 3.30. The van der Waals surface area contributed by atoms with Gasteiger partial charge in [-0.05, 0) is 0 Å². The van der Waals surface area contributed by atoms with E-state index in [1.165, 1.54) is 0 Å². The van der Waals surface area contributed by atoms with Gasteiger partial charge in [0.1, 0.15) is 11.7 Å². The number of hydrogen-bond donors (Lipinski definition) is 1.